The zero-order valence-corrected chi connectivity index (χ0v) is 24.4. The number of benzene rings is 2. The monoisotopic (exact) mass is 592 g/mol. The van der Waals surface area contributed by atoms with Crippen molar-refractivity contribution in [3.63, 3.8) is 0 Å². The molecule has 3 unspecified atom stereocenters. The molecule has 10 heteroatoms. The number of rotatable bonds is 10. The van der Waals surface area contributed by atoms with Crippen LogP contribution < -0.4 is 10.6 Å². The van der Waals surface area contributed by atoms with E-state index < -0.39 is 12.1 Å². The van der Waals surface area contributed by atoms with Crippen molar-refractivity contribution in [3.8, 4) is 0 Å². The van der Waals surface area contributed by atoms with Gasteiger partial charge in [-0.2, -0.15) is 0 Å². The van der Waals surface area contributed by atoms with Crippen LogP contribution in [0.4, 0.5) is 0 Å². The number of piperazine rings is 1. The summed E-state index contributed by atoms with van der Waals surface area (Å²) in [5.41, 5.74) is 1.88. The average molecular weight is 594 g/mol. The van der Waals surface area contributed by atoms with Gasteiger partial charge in [0.25, 0.3) is 0 Å². The second-order valence-corrected chi connectivity index (χ2v) is 11.5. The van der Waals surface area contributed by atoms with E-state index in [2.05, 4.69) is 10.6 Å². The molecular formula is C29H35Cl3N4O3. The van der Waals surface area contributed by atoms with E-state index in [1.807, 2.05) is 36.1 Å². The van der Waals surface area contributed by atoms with Crippen LogP contribution in [0.1, 0.15) is 43.7 Å². The minimum absolute atomic E-state index is 0.0643. The van der Waals surface area contributed by atoms with Crippen LogP contribution in [0.3, 0.4) is 0 Å². The lowest BCUT2D eigenvalue weighted by Crippen LogP contribution is -2.63. The molecule has 0 aliphatic carbocycles. The van der Waals surface area contributed by atoms with Crippen LogP contribution in [0.25, 0.3) is 0 Å². The van der Waals surface area contributed by atoms with E-state index in [0.29, 0.717) is 54.0 Å². The molecule has 0 radical (unpaired) electrons. The molecule has 2 saturated heterocycles. The molecule has 2 aromatic carbocycles. The second-order valence-electron chi connectivity index (χ2n) is 10.2. The largest absolute Gasteiger partial charge is 0.343 e. The van der Waals surface area contributed by atoms with E-state index in [9.17, 15) is 14.4 Å². The number of nitrogens with one attached hydrogen (secondary N) is 2. The van der Waals surface area contributed by atoms with Gasteiger partial charge in [-0.15, -0.1) is 0 Å². The van der Waals surface area contributed by atoms with Gasteiger partial charge in [0.2, 0.25) is 17.7 Å². The third-order valence-electron chi connectivity index (χ3n) is 7.43. The van der Waals surface area contributed by atoms with Gasteiger partial charge in [-0.3, -0.25) is 14.4 Å². The first-order valence-electron chi connectivity index (χ1n) is 13.6. The van der Waals surface area contributed by atoms with Crippen LogP contribution in [0.2, 0.25) is 15.1 Å². The molecule has 4 rings (SSSR count). The minimum atomic E-state index is -0.781. The lowest BCUT2D eigenvalue weighted by molar-refractivity contribution is -0.153. The molecule has 39 heavy (non-hydrogen) atoms. The maximum absolute atomic E-state index is 14.0. The summed E-state index contributed by atoms with van der Waals surface area (Å²) in [7, 11) is 0. The van der Waals surface area contributed by atoms with Crippen molar-refractivity contribution >= 4 is 52.5 Å². The van der Waals surface area contributed by atoms with Gasteiger partial charge in [-0.05, 0) is 67.6 Å². The summed E-state index contributed by atoms with van der Waals surface area (Å²) in [4.78, 5) is 44.1. The maximum atomic E-state index is 14.0. The van der Waals surface area contributed by atoms with Crippen molar-refractivity contribution in [2.24, 2.45) is 0 Å². The highest BCUT2D eigenvalue weighted by Gasteiger charge is 2.40. The summed E-state index contributed by atoms with van der Waals surface area (Å²) in [6, 6.07) is 11.1. The first-order chi connectivity index (χ1) is 18.8. The van der Waals surface area contributed by atoms with Gasteiger partial charge in [0, 0.05) is 31.1 Å². The Bertz CT molecular complexity index is 1170. The van der Waals surface area contributed by atoms with Gasteiger partial charge in [0.15, 0.2) is 0 Å². The highest BCUT2D eigenvalue weighted by Crippen LogP contribution is 2.24. The molecule has 0 bridgehead atoms. The molecule has 0 saturated carbocycles. The Morgan fingerprint density at radius 3 is 2.46 bits per heavy atom. The van der Waals surface area contributed by atoms with Crippen molar-refractivity contribution in [2.75, 3.05) is 26.2 Å². The van der Waals surface area contributed by atoms with E-state index in [0.717, 1.165) is 36.9 Å². The molecule has 0 aromatic heterocycles. The molecule has 2 N–H and O–H groups in total. The van der Waals surface area contributed by atoms with E-state index in [-0.39, 0.29) is 23.8 Å². The number of carbonyl (C=O) groups excluding carboxylic acids is 3. The molecule has 2 aromatic rings. The Morgan fingerprint density at radius 2 is 1.79 bits per heavy atom. The summed E-state index contributed by atoms with van der Waals surface area (Å²) in [6.07, 6.45) is 3.92. The van der Waals surface area contributed by atoms with Gasteiger partial charge in [-0.1, -0.05) is 66.3 Å². The molecule has 2 heterocycles. The fourth-order valence-electron chi connectivity index (χ4n) is 5.27. The lowest BCUT2D eigenvalue weighted by atomic mass is 10.00. The number of nitrogens with zero attached hydrogens (tertiary/aromatic N) is 2. The predicted molar refractivity (Wildman–Crippen MR) is 155 cm³/mol. The Morgan fingerprint density at radius 1 is 1.05 bits per heavy atom. The summed E-state index contributed by atoms with van der Waals surface area (Å²) in [5, 5.41) is 7.77. The van der Waals surface area contributed by atoms with Gasteiger partial charge in [0.1, 0.15) is 12.1 Å². The fourth-order valence-corrected chi connectivity index (χ4v) is 5.72. The van der Waals surface area contributed by atoms with Gasteiger partial charge in [-0.25, -0.2) is 0 Å². The number of halogens is 3. The molecular weight excluding hydrogens is 559 g/mol. The third kappa shape index (κ3) is 7.66. The smallest absolute Gasteiger partial charge is 0.246 e. The Balaban J connectivity index is 1.48. The van der Waals surface area contributed by atoms with E-state index in [4.69, 9.17) is 34.8 Å². The topological polar surface area (TPSA) is 81.8 Å². The molecule has 210 valence electrons. The molecule has 2 fully saturated rings. The van der Waals surface area contributed by atoms with E-state index >= 15 is 0 Å². The van der Waals surface area contributed by atoms with Gasteiger partial charge in [0.05, 0.1) is 16.1 Å². The van der Waals surface area contributed by atoms with Crippen molar-refractivity contribution < 1.29 is 14.4 Å². The quantitative estimate of drug-likeness (QED) is 0.425. The fraction of sp³-hybridized carbons (Fsp3) is 0.483. The summed E-state index contributed by atoms with van der Waals surface area (Å²) >= 11 is 18.3. The maximum Gasteiger partial charge on any atom is 0.246 e. The standard InChI is InChI=1S/C29H35Cl3N4O3/c1-2-4-26-29(39)35(14-12-20-8-11-22(31)23(32)17-20)15-16-36(26)28(38)25(18-19-6-9-21(30)10-7-19)34-27(37)24-5-3-13-33-24/h6-11,17,24-26,33H,2-5,12-16,18H2,1H3,(H,34,37). The average Bonchev–Trinajstić information content (AvgIpc) is 3.47. The van der Waals surface area contributed by atoms with E-state index in [1.165, 1.54) is 0 Å². The molecule has 3 atom stereocenters. The SMILES string of the molecule is CCCC1C(=O)N(CCc2ccc(Cl)c(Cl)c2)CCN1C(=O)C(Cc1ccc(Cl)cc1)NC(=O)C1CCCN1. The molecule has 2 aliphatic rings. The zero-order valence-electron chi connectivity index (χ0n) is 22.1. The molecule has 3 amide bonds. The van der Waals surface area contributed by atoms with Crippen molar-refractivity contribution in [1.82, 2.24) is 20.4 Å². The first-order valence-corrected chi connectivity index (χ1v) is 14.7. The van der Waals surface area contributed by atoms with Gasteiger partial charge >= 0.3 is 0 Å². The predicted octanol–water partition coefficient (Wildman–Crippen LogP) is 4.51. The Labute approximate surface area is 245 Å². The third-order valence-corrected chi connectivity index (χ3v) is 8.42. The second kappa shape index (κ2) is 13.8. The molecule has 7 nitrogen and oxygen atoms in total. The van der Waals surface area contributed by atoms with Crippen LogP contribution >= 0.6 is 34.8 Å². The number of hydrogen-bond donors (Lipinski definition) is 2. The van der Waals surface area contributed by atoms with E-state index in [1.54, 1.807) is 23.1 Å². The molecule has 0 spiro atoms. The van der Waals surface area contributed by atoms with Crippen LogP contribution in [0.5, 0.6) is 0 Å². The summed E-state index contributed by atoms with van der Waals surface area (Å²) in [6.45, 7) is 4.15. The normalized spacial score (nSPS) is 20.3. The number of hydrogen-bond acceptors (Lipinski definition) is 4. The Kier molecular flexibility index (Phi) is 10.5. The first kappa shape index (κ1) is 29.7. The van der Waals surface area contributed by atoms with Crippen LogP contribution in [0, 0.1) is 0 Å². The number of amides is 3. The summed E-state index contributed by atoms with van der Waals surface area (Å²) < 4.78 is 0. The molecule has 2 aliphatic heterocycles. The van der Waals surface area contributed by atoms with Crippen LogP contribution in [0.15, 0.2) is 42.5 Å². The summed E-state index contributed by atoms with van der Waals surface area (Å²) in [5.74, 6) is -0.476. The van der Waals surface area contributed by atoms with Crippen molar-refractivity contribution in [2.45, 2.75) is 63.6 Å². The minimum Gasteiger partial charge on any atom is -0.343 e. The van der Waals surface area contributed by atoms with Crippen molar-refractivity contribution in [1.29, 1.82) is 0 Å². The van der Waals surface area contributed by atoms with Crippen LogP contribution in [-0.2, 0) is 27.2 Å². The number of carbonyl (C=O) groups is 3. The lowest BCUT2D eigenvalue weighted by Gasteiger charge is -2.42. The van der Waals surface area contributed by atoms with Crippen molar-refractivity contribution in [3.05, 3.63) is 68.7 Å². The highest BCUT2D eigenvalue weighted by molar-refractivity contribution is 6.42. The zero-order chi connectivity index (χ0) is 27.9. The van der Waals surface area contributed by atoms with Crippen LogP contribution in [-0.4, -0.2) is 71.8 Å². The van der Waals surface area contributed by atoms with Gasteiger partial charge < -0.3 is 20.4 Å². The Hall–Kier alpha value is -2.32. The highest BCUT2D eigenvalue weighted by atomic mass is 35.5.